The molecule has 9 nitrogen and oxygen atoms in total. The number of hydrogen-bond donors (Lipinski definition) is 0. The fraction of sp³-hybridized carbons (Fsp3) is 0.676. The second-order valence-corrected chi connectivity index (χ2v) is 22.3. The lowest BCUT2D eigenvalue weighted by molar-refractivity contribution is -0.140. The van der Waals surface area contributed by atoms with Gasteiger partial charge in [-0.2, -0.15) is 0 Å². The van der Waals surface area contributed by atoms with Crippen molar-refractivity contribution in [1.29, 1.82) is 0 Å². The minimum atomic E-state index is -1.92. The largest absolute Gasteiger partial charge is 0.463 e. The molecule has 0 spiro atoms. The first-order valence-corrected chi connectivity index (χ1v) is 20.1. The molecule has 2 bridgehead atoms. The van der Waals surface area contributed by atoms with Crippen LogP contribution in [0.2, 0.25) is 18.1 Å². The van der Waals surface area contributed by atoms with E-state index in [2.05, 4.69) is 33.9 Å². The quantitative estimate of drug-likeness (QED) is 0.114. The molecule has 0 saturated carbocycles. The molecule has 0 radical (unpaired) electrons. The zero-order valence-corrected chi connectivity index (χ0v) is 32.9. The molecule has 1 fully saturated rings. The lowest BCUT2D eigenvalue weighted by atomic mass is 9.82. The molecule has 264 valence electrons. The van der Waals surface area contributed by atoms with Gasteiger partial charge in [0, 0.05) is 19.7 Å². The standard InChI is InChI=1S/C34H51Cl3N2O7Si/c1-12-43-28(40)27-25(23-15-13-22(14-16-23)17-18-44-47(10,11)32(5,6)7)19-24-20-38(29(41)45-31(2,3)4)21-26(27)39(24)30(42)46-33(8,9)34(35,36)37/h13-16,24,26H,12,17-21H2,1-11H3. The van der Waals surface area contributed by atoms with Gasteiger partial charge in [0.25, 0.3) is 0 Å². The molecular formula is C34H51Cl3N2O7Si. The van der Waals surface area contributed by atoms with E-state index in [1.165, 1.54) is 23.6 Å². The second kappa shape index (κ2) is 14.5. The van der Waals surface area contributed by atoms with Gasteiger partial charge in [0.05, 0.1) is 24.3 Å². The molecule has 13 heteroatoms. The van der Waals surface area contributed by atoms with Crippen molar-refractivity contribution in [2.75, 3.05) is 26.3 Å². The van der Waals surface area contributed by atoms with Crippen molar-refractivity contribution in [1.82, 2.24) is 9.80 Å². The average molecular weight is 734 g/mol. The number of halogens is 3. The molecule has 0 aliphatic carbocycles. The van der Waals surface area contributed by atoms with Crippen LogP contribution in [0.25, 0.3) is 5.57 Å². The van der Waals surface area contributed by atoms with Gasteiger partial charge in [-0.1, -0.05) is 79.8 Å². The molecule has 2 heterocycles. The summed E-state index contributed by atoms with van der Waals surface area (Å²) in [5.41, 5.74) is 0.727. The maximum Gasteiger partial charge on any atom is 0.411 e. The Labute approximate surface area is 296 Å². The highest BCUT2D eigenvalue weighted by atomic mass is 35.6. The van der Waals surface area contributed by atoms with Crippen LogP contribution in [0, 0.1) is 0 Å². The summed E-state index contributed by atoms with van der Waals surface area (Å²) in [5, 5.41) is 0.127. The van der Waals surface area contributed by atoms with Gasteiger partial charge in [-0.3, -0.25) is 4.90 Å². The number of amides is 2. The van der Waals surface area contributed by atoms with Crippen molar-refractivity contribution in [3.8, 4) is 0 Å². The Morgan fingerprint density at radius 2 is 1.49 bits per heavy atom. The Balaban J connectivity index is 2.02. The molecule has 1 saturated heterocycles. The smallest absolute Gasteiger partial charge is 0.411 e. The fourth-order valence-corrected chi connectivity index (χ4v) is 6.40. The highest BCUT2D eigenvalue weighted by molar-refractivity contribution is 6.74. The molecule has 47 heavy (non-hydrogen) atoms. The van der Waals surface area contributed by atoms with Gasteiger partial charge in [-0.25, -0.2) is 14.4 Å². The number of hydrogen-bond acceptors (Lipinski definition) is 7. The summed E-state index contributed by atoms with van der Waals surface area (Å²) in [5.74, 6) is -0.581. The summed E-state index contributed by atoms with van der Waals surface area (Å²) in [4.78, 5) is 43.8. The number of benzene rings is 1. The summed E-state index contributed by atoms with van der Waals surface area (Å²) in [6.45, 7) is 22.1. The first-order chi connectivity index (χ1) is 21.4. The van der Waals surface area contributed by atoms with E-state index in [0.717, 1.165) is 23.1 Å². The molecule has 2 aliphatic heterocycles. The molecular weight excluding hydrogens is 683 g/mol. The highest BCUT2D eigenvalue weighted by Crippen LogP contribution is 2.44. The number of alkyl halides is 3. The van der Waals surface area contributed by atoms with Gasteiger partial charge in [0.1, 0.15) is 5.60 Å². The van der Waals surface area contributed by atoms with Crippen LogP contribution >= 0.6 is 34.8 Å². The van der Waals surface area contributed by atoms with E-state index in [-0.39, 0.29) is 36.7 Å². The molecule has 1 aromatic carbocycles. The number of esters is 1. The van der Waals surface area contributed by atoms with Crippen molar-refractivity contribution in [3.63, 3.8) is 0 Å². The number of carbonyl (C=O) groups excluding carboxylic acids is 3. The van der Waals surface area contributed by atoms with Gasteiger partial charge in [-0.15, -0.1) is 0 Å². The number of carbonyl (C=O) groups is 3. The molecule has 2 aliphatic rings. The first-order valence-electron chi connectivity index (χ1n) is 16.1. The Bertz CT molecular complexity index is 1350. The van der Waals surface area contributed by atoms with Crippen molar-refractivity contribution in [2.45, 2.75) is 120 Å². The molecule has 0 aromatic heterocycles. The van der Waals surface area contributed by atoms with Gasteiger partial charge in [0.2, 0.25) is 3.79 Å². The maximum absolute atomic E-state index is 13.8. The van der Waals surface area contributed by atoms with Crippen LogP contribution in [0.15, 0.2) is 29.8 Å². The van der Waals surface area contributed by atoms with E-state index in [1.807, 2.05) is 24.3 Å². The molecule has 3 rings (SSSR count). The van der Waals surface area contributed by atoms with Crippen LogP contribution in [0.5, 0.6) is 0 Å². The topological polar surface area (TPSA) is 94.6 Å². The zero-order valence-electron chi connectivity index (χ0n) is 29.6. The molecule has 2 unspecified atom stereocenters. The van der Waals surface area contributed by atoms with Crippen LogP contribution in [-0.4, -0.2) is 89.7 Å². The van der Waals surface area contributed by atoms with Gasteiger partial charge in [0.15, 0.2) is 13.9 Å². The lowest BCUT2D eigenvalue weighted by Gasteiger charge is -2.50. The van der Waals surface area contributed by atoms with E-state index in [9.17, 15) is 14.4 Å². The number of rotatable bonds is 8. The maximum atomic E-state index is 13.8. The predicted octanol–water partition coefficient (Wildman–Crippen LogP) is 8.55. The van der Waals surface area contributed by atoms with Gasteiger partial charge < -0.3 is 23.5 Å². The SMILES string of the molecule is CCOC(=O)C1=C(c2ccc(CCO[Si](C)(C)C(C)(C)C)cc2)CC2CN(C(=O)OC(C)(C)C)CC1N2C(=O)OC(C)(C)C(Cl)(Cl)Cl. The van der Waals surface area contributed by atoms with Crippen molar-refractivity contribution in [3.05, 3.63) is 41.0 Å². The van der Waals surface area contributed by atoms with Crippen LogP contribution in [0.3, 0.4) is 0 Å². The van der Waals surface area contributed by atoms with Crippen LogP contribution < -0.4 is 0 Å². The van der Waals surface area contributed by atoms with Crippen LogP contribution in [0.1, 0.15) is 79.9 Å². The monoisotopic (exact) mass is 732 g/mol. The third kappa shape index (κ3) is 9.59. The van der Waals surface area contributed by atoms with Gasteiger partial charge in [-0.05, 0) is 89.2 Å². The summed E-state index contributed by atoms with van der Waals surface area (Å²) in [6, 6.07) is 6.57. The predicted molar refractivity (Wildman–Crippen MR) is 190 cm³/mol. The normalized spacial score (nSPS) is 19.4. The van der Waals surface area contributed by atoms with E-state index in [1.54, 1.807) is 27.7 Å². The minimum absolute atomic E-state index is 0.0186. The van der Waals surface area contributed by atoms with E-state index >= 15 is 0 Å². The number of ether oxygens (including phenoxy) is 3. The number of piperazine rings is 1. The Hall–Kier alpha value is -1.98. The van der Waals surface area contributed by atoms with E-state index < -0.39 is 53.6 Å². The molecule has 1 aromatic rings. The van der Waals surface area contributed by atoms with E-state index in [4.69, 9.17) is 53.4 Å². The van der Waals surface area contributed by atoms with Crippen molar-refractivity contribution < 1.29 is 33.0 Å². The van der Waals surface area contributed by atoms with Crippen LogP contribution in [-0.2, 0) is 29.9 Å². The summed E-state index contributed by atoms with van der Waals surface area (Å²) in [7, 11) is -1.87. The third-order valence-corrected chi connectivity index (χ3v) is 14.9. The molecule has 2 amide bonds. The van der Waals surface area contributed by atoms with Crippen molar-refractivity contribution in [2.24, 2.45) is 0 Å². The third-order valence-electron chi connectivity index (χ3n) is 9.00. The van der Waals surface area contributed by atoms with Gasteiger partial charge >= 0.3 is 18.2 Å². The Kier molecular flexibility index (Phi) is 12.2. The Morgan fingerprint density at radius 3 is 2.00 bits per heavy atom. The van der Waals surface area contributed by atoms with Crippen molar-refractivity contribution >= 4 is 66.8 Å². The minimum Gasteiger partial charge on any atom is -0.463 e. The Morgan fingerprint density at radius 1 is 0.894 bits per heavy atom. The lowest BCUT2D eigenvalue weighted by Crippen LogP contribution is -2.66. The number of fused-ring (bicyclic) bond motifs is 2. The summed E-state index contributed by atoms with van der Waals surface area (Å²) < 4.78 is 21.4. The second-order valence-electron chi connectivity index (χ2n) is 15.2. The summed E-state index contributed by atoms with van der Waals surface area (Å²) in [6.07, 6.45) is -0.303. The average Bonchev–Trinajstić information content (AvgIpc) is 2.90. The first kappa shape index (κ1) is 39.5. The molecule has 2 atom stereocenters. The zero-order chi connectivity index (χ0) is 35.8. The molecule has 0 N–H and O–H groups in total. The van der Waals surface area contributed by atoms with E-state index in [0.29, 0.717) is 6.61 Å². The highest BCUT2D eigenvalue weighted by Gasteiger charge is 2.52. The van der Waals surface area contributed by atoms with Crippen LogP contribution in [0.4, 0.5) is 9.59 Å². The fourth-order valence-electron chi connectivity index (χ4n) is 5.24. The summed E-state index contributed by atoms with van der Waals surface area (Å²) >= 11 is 18.4. The number of nitrogens with zero attached hydrogens (tertiary/aromatic N) is 2.